The van der Waals surface area contributed by atoms with Crippen molar-refractivity contribution in [1.82, 2.24) is 14.9 Å². The van der Waals surface area contributed by atoms with Crippen LogP contribution in [0.1, 0.15) is 16.7 Å². The number of aromatic nitrogens is 2. The number of nitrogens with one attached hydrogen (secondary N) is 1. The van der Waals surface area contributed by atoms with E-state index < -0.39 is 0 Å². The van der Waals surface area contributed by atoms with Gasteiger partial charge >= 0.3 is 0 Å². The number of hydrogen-bond donors (Lipinski definition) is 2. The Kier molecular flexibility index (Phi) is 4.75. The smallest absolute Gasteiger partial charge is 0.240 e. The molecule has 0 unspecified atom stereocenters. The summed E-state index contributed by atoms with van der Waals surface area (Å²) in [4.78, 5) is 17.1. The monoisotopic (exact) mass is 369 g/mol. The van der Waals surface area contributed by atoms with E-state index in [4.69, 9.17) is 5.73 Å². The number of nitriles is 1. The van der Waals surface area contributed by atoms with Gasteiger partial charge in [0.2, 0.25) is 5.91 Å². The highest BCUT2D eigenvalue weighted by Gasteiger charge is 2.13. The first-order valence-corrected chi connectivity index (χ1v) is 9.02. The molecule has 2 aromatic heterocycles. The minimum atomic E-state index is -0.116. The van der Waals surface area contributed by atoms with Crippen molar-refractivity contribution >= 4 is 27.8 Å². The highest BCUT2D eigenvalue weighted by molar-refractivity contribution is 6.07. The molecule has 4 rings (SSSR count). The number of fused-ring (bicyclic) bond motifs is 3. The van der Waals surface area contributed by atoms with Gasteiger partial charge in [0.1, 0.15) is 12.2 Å². The second-order valence-corrected chi connectivity index (χ2v) is 6.56. The van der Waals surface area contributed by atoms with E-state index in [1.165, 1.54) is 0 Å². The molecule has 6 heteroatoms. The zero-order valence-electron chi connectivity index (χ0n) is 15.2. The van der Waals surface area contributed by atoms with E-state index in [2.05, 4.69) is 16.4 Å². The molecule has 0 saturated carbocycles. The van der Waals surface area contributed by atoms with Gasteiger partial charge < -0.3 is 15.6 Å². The largest absolute Gasteiger partial charge is 0.350 e. The Bertz CT molecular complexity index is 1170. The lowest BCUT2D eigenvalue weighted by molar-refractivity contribution is -0.121. The maximum atomic E-state index is 12.6. The molecular formula is C22H19N5O. The van der Waals surface area contributed by atoms with Crippen molar-refractivity contribution in [3.8, 4) is 6.07 Å². The van der Waals surface area contributed by atoms with E-state index >= 15 is 0 Å². The third kappa shape index (κ3) is 3.20. The number of nitrogens with two attached hydrogens (primary N) is 1. The van der Waals surface area contributed by atoms with E-state index in [-0.39, 0.29) is 12.5 Å². The number of benzene rings is 2. The minimum Gasteiger partial charge on any atom is -0.350 e. The summed E-state index contributed by atoms with van der Waals surface area (Å²) in [6, 6.07) is 19.5. The van der Waals surface area contributed by atoms with Crippen molar-refractivity contribution in [2.45, 2.75) is 19.6 Å². The lowest BCUT2D eigenvalue weighted by atomic mass is 10.0. The number of carbonyl (C=O) groups excluding carboxylic acids is 1. The Hall–Kier alpha value is -3.69. The predicted octanol–water partition coefficient (Wildman–Crippen LogP) is 2.84. The first kappa shape index (κ1) is 17.7. The summed E-state index contributed by atoms with van der Waals surface area (Å²) >= 11 is 0. The van der Waals surface area contributed by atoms with Gasteiger partial charge in [0.25, 0.3) is 0 Å². The van der Waals surface area contributed by atoms with E-state index in [1.807, 2.05) is 53.1 Å². The molecule has 2 aromatic carbocycles. The van der Waals surface area contributed by atoms with Gasteiger partial charge in [0.05, 0.1) is 17.1 Å². The fraction of sp³-hybridized carbons (Fsp3) is 0.136. The van der Waals surface area contributed by atoms with Crippen molar-refractivity contribution in [1.29, 1.82) is 5.26 Å². The molecule has 0 bridgehead atoms. The highest BCUT2D eigenvalue weighted by atomic mass is 16.1. The number of hydrogen-bond acceptors (Lipinski definition) is 4. The number of rotatable bonds is 5. The average Bonchev–Trinajstić information content (AvgIpc) is 3.06. The summed E-state index contributed by atoms with van der Waals surface area (Å²) in [5.74, 6) is -0.116. The maximum Gasteiger partial charge on any atom is 0.240 e. The van der Waals surface area contributed by atoms with Crippen LogP contribution in [0, 0.1) is 11.3 Å². The lowest BCUT2D eigenvalue weighted by Crippen LogP contribution is -2.27. The van der Waals surface area contributed by atoms with Crippen LogP contribution in [0.4, 0.5) is 0 Å². The number of para-hydroxylation sites is 1. The van der Waals surface area contributed by atoms with E-state index in [1.54, 1.807) is 12.3 Å². The quantitative estimate of drug-likeness (QED) is 0.565. The zero-order chi connectivity index (χ0) is 19.5. The molecule has 0 radical (unpaired) electrons. The van der Waals surface area contributed by atoms with Gasteiger partial charge in [0.15, 0.2) is 0 Å². The molecule has 0 saturated heterocycles. The van der Waals surface area contributed by atoms with Crippen molar-refractivity contribution < 1.29 is 4.79 Å². The van der Waals surface area contributed by atoms with E-state index in [0.717, 1.165) is 33.1 Å². The van der Waals surface area contributed by atoms with Gasteiger partial charge in [-0.3, -0.25) is 4.79 Å². The predicted molar refractivity (Wildman–Crippen MR) is 108 cm³/mol. The van der Waals surface area contributed by atoms with Crippen LogP contribution in [0.5, 0.6) is 0 Å². The van der Waals surface area contributed by atoms with Gasteiger partial charge in [-0.25, -0.2) is 4.98 Å². The highest BCUT2D eigenvalue weighted by Crippen LogP contribution is 2.27. The van der Waals surface area contributed by atoms with Crippen LogP contribution < -0.4 is 11.1 Å². The van der Waals surface area contributed by atoms with Crippen molar-refractivity contribution in [3.05, 3.63) is 77.5 Å². The number of pyridine rings is 1. The Balaban J connectivity index is 1.55. The van der Waals surface area contributed by atoms with Gasteiger partial charge in [-0.2, -0.15) is 5.26 Å². The molecule has 0 aliphatic carbocycles. The molecule has 1 amide bonds. The van der Waals surface area contributed by atoms with Crippen LogP contribution in [0.2, 0.25) is 0 Å². The first-order chi connectivity index (χ1) is 13.7. The van der Waals surface area contributed by atoms with Crippen LogP contribution in [-0.4, -0.2) is 15.5 Å². The zero-order valence-corrected chi connectivity index (χ0v) is 15.2. The average molecular weight is 369 g/mol. The lowest BCUT2D eigenvalue weighted by Gasteiger charge is -2.09. The minimum absolute atomic E-state index is 0.116. The van der Waals surface area contributed by atoms with Crippen molar-refractivity contribution in [2.75, 3.05) is 0 Å². The van der Waals surface area contributed by atoms with Crippen LogP contribution in [-0.2, 0) is 24.4 Å². The molecule has 0 spiro atoms. The SMILES string of the molecule is N#Cc1cc(CNC(=O)Cn2c3ccccc3c3cccnc32)ccc1CN. The van der Waals surface area contributed by atoms with E-state index in [9.17, 15) is 10.1 Å². The topological polar surface area (TPSA) is 96.7 Å². The summed E-state index contributed by atoms with van der Waals surface area (Å²) in [6.45, 7) is 0.840. The standard InChI is InChI=1S/C22H19N5O/c23-11-16-8-7-15(10-17(16)12-24)13-26-21(28)14-27-20-6-2-1-4-18(20)19-5-3-9-25-22(19)27/h1-10H,11,13-14,23H2,(H,26,28). The van der Waals surface area contributed by atoms with E-state index in [0.29, 0.717) is 18.7 Å². The second-order valence-electron chi connectivity index (χ2n) is 6.56. The molecule has 6 nitrogen and oxygen atoms in total. The molecule has 0 aliphatic rings. The van der Waals surface area contributed by atoms with Gasteiger partial charge in [0, 0.05) is 30.1 Å². The Labute approximate surface area is 162 Å². The van der Waals surface area contributed by atoms with Gasteiger partial charge in [-0.1, -0.05) is 30.3 Å². The molecule has 2 heterocycles. The number of carbonyl (C=O) groups is 1. The second kappa shape index (κ2) is 7.51. The molecule has 138 valence electrons. The summed E-state index contributed by atoms with van der Waals surface area (Å²) < 4.78 is 1.93. The Morgan fingerprint density at radius 2 is 1.96 bits per heavy atom. The van der Waals surface area contributed by atoms with Gasteiger partial charge in [-0.15, -0.1) is 0 Å². The maximum absolute atomic E-state index is 12.6. The normalized spacial score (nSPS) is 10.9. The first-order valence-electron chi connectivity index (χ1n) is 9.02. The van der Waals surface area contributed by atoms with Crippen LogP contribution >= 0.6 is 0 Å². The fourth-order valence-corrected chi connectivity index (χ4v) is 3.45. The fourth-order valence-electron chi connectivity index (χ4n) is 3.45. The summed E-state index contributed by atoms with van der Waals surface area (Å²) in [7, 11) is 0. The van der Waals surface area contributed by atoms with Gasteiger partial charge in [-0.05, 0) is 35.4 Å². The summed E-state index contributed by atoms with van der Waals surface area (Å²) in [6.07, 6.45) is 1.73. The molecule has 28 heavy (non-hydrogen) atoms. The molecule has 4 aromatic rings. The summed E-state index contributed by atoms with van der Waals surface area (Å²) in [5.41, 5.74) is 9.61. The Morgan fingerprint density at radius 1 is 1.14 bits per heavy atom. The van der Waals surface area contributed by atoms with Crippen molar-refractivity contribution in [3.63, 3.8) is 0 Å². The van der Waals surface area contributed by atoms with Crippen molar-refractivity contribution in [2.24, 2.45) is 5.73 Å². The third-order valence-electron chi connectivity index (χ3n) is 4.83. The number of nitrogens with zero attached hydrogens (tertiary/aromatic N) is 3. The molecular weight excluding hydrogens is 350 g/mol. The Morgan fingerprint density at radius 3 is 2.79 bits per heavy atom. The molecule has 0 fully saturated rings. The molecule has 3 N–H and O–H groups in total. The third-order valence-corrected chi connectivity index (χ3v) is 4.83. The van der Waals surface area contributed by atoms with Crippen LogP contribution in [0.3, 0.4) is 0 Å². The van der Waals surface area contributed by atoms with Crippen LogP contribution in [0.25, 0.3) is 21.9 Å². The number of amides is 1. The van der Waals surface area contributed by atoms with Crippen LogP contribution in [0.15, 0.2) is 60.8 Å². The molecule has 0 atom stereocenters. The summed E-state index contributed by atoms with van der Waals surface area (Å²) in [5, 5.41) is 14.3. The molecule has 0 aliphatic heterocycles.